The number of carboxylic acids is 1. The summed E-state index contributed by atoms with van der Waals surface area (Å²) in [6, 6.07) is 3.42. The summed E-state index contributed by atoms with van der Waals surface area (Å²) < 4.78 is 5.22. The van der Waals surface area contributed by atoms with Crippen molar-refractivity contribution < 1.29 is 19.4 Å². The molecular formula is C16H22O4. The summed E-state index contributed by atoms with van der Waals surface area (Å²) >= 11 is 0. The zero-order valence-electron chi connectivity index (χ0n) is 12.5. The SMILES string of the molecule is CCC(CC)C(=O)c1ccc(OCC(=O)O)c(C)c1C. The Kier molecular flexibility index (Phi) is 5.74. The molecule has 4 nitrogen and oxygen atoms in total. The molecule has 0 radical (unpaired) electrons. The summed E-state index contributed by atoms with van der Waals surface area (Å²) in [5.74, 6) is -0.301. The van der Waals surface area contributed by atoms with Gasteiger partial charge in [-0.25, -0.2) is 4.79 Å². The Bertz CT molecular complexity index is 501. The molecule has 0 spiro atoms. The van der Waals surface area contributed by atoms with Gasteiger partial charge in [0.05, 0.1) is 0 Å². The maximum absolute atomic E-state index is 12.4. The number of carbonyl (C=O) groups is 2. The van der Waals surface area contributed by atoms with E-state index in [-0.39, 0.29) is 18.3 Å². The molecule has 4 heteroatoms. The Hall–Kier alpha value is -1.84. The lowest BCUT2D eigenvalue weighted by molar-refractivity contribution is -0.139. The van der Waals surface area contributed by atoms with Crippen molar-refractivity contribution in [1.82, 2.24) is 0 Å². The Morgan fingerprint density at radius 1 is 1.15 bits per heavy atom. The molecule has 0 fully saturated rings. The van der Waals surface area contributed by atoms with Crippen LogP contribution in [0.25, 0.3) is 0 Å². The number of carbonyl (C=O) groups excluding carboxylic acids is 1. The molecule has 1 N–H and O–H groups in total. The van der Waals surface area contributed by atoms with Crippen LogP contribution in [0.2, 0.25) is 0 Å². The number of aliphatic carboxylic acids is 1. The Balaban J connectivity index is 3.05. The molecule has 0 aliphatic heterocycles. The van der Waals surface area contributed by atoms with Gasteiger partial charge in [-0.1, -0.05) is 13.8 Å². The molecule has 0 unspecified atom stereocenters. The summed E-state index contributed by atoms with van der Waals surface area (Å²) in [5, 5.41) is 8.64. The van der Waals surface area contributed by atoms with Crippen molar-refractivity contribution in [3.8, 4) is 5.75 Å². The number of ketones is 1. The van der Waals surface area contributed by atoms with Crippen molar-refractivity contribution in [2.45, 2.75) is 40.5 Å². The van der Waals surface area contributed by atoms with Gasteiger partial charge in [0.1, 0.15) is 5.75 Å². The lowest BCUT2D eigenvalue weighted by Crippen LogP contribution is -2.16. The summed E-state index contributed by atoms with van der Waals surface area (Å²) in [6.07, 6.45) is 1.65. The second kappa shape index (κ2) is 7.08. The summed E-state index contributed by atoms with van der Waals surface area (Å²) in [6.45, 7) is 7.37. The number of benzene rings is 1. The molecule has 0 saturated heterocycles. The van der Waals surface area contributed by atoms with Crippen LogP contribution in [0.5, 0.6) is 5.75 Å². The first-order valence-electron chi connectivity index (χ1n) is 6.91. The maximum atomic E-state index is 12.4. The topological polar surface area (TPSA) is 63.6 Å². The molecule has 1 aromatic carbocycles. The van der Waals surface area contributed by atoms with Crippen LogP contribution >= 0.6 is 0 Å². The molecule has 0 heterocycles. The second-order valence-electron chi connectivity index (χ2n) is 4.92. The van der Waals surface area contributed by atoms with Crippen LogP contribution in [0.1, 0.15) is 48.2 Å². The third-order valence-corrected chi connectivity index (χ3v) is 3.71. The van der Waals surface area contributed by atoms with Crippen molar-refractivity contribution in [3.63, 3.8) is 0 Å². The second-order valence-corrected chi connectivity index (χ2v) is 4.92. The third kappa shape index (κ3) is 3.59. The van der Waals surface area contributed by atoms with E-state index in [1.807, 2.05) is 27.7 Å². The monoisotopic (exact) mass is 278 g/mol. The normalized spacial score (nSPS) is 10.7. The van der Waals surface area contributed by atoms with Crippen LogP contribution in [0, 0.1) is 19.8 Å². The van der Waals surface area contributed by atoms with Crippen LogP contribution in [0.15, 0.2) is 12.1 Å². The number of ether oxygens (including phenoxy) is 1. The molecule has 0 bridgehead atoms. The molecule has 1 rings (SSSR count). The molecule has 0 aliphatic rings. The van der Waals surface area contributed by atoms with Crippen molar-refractivity contribution in [1.29, 1.82) is 0 Å². The quantitative estimate of drug-likeness (QED) is 0.776. The van der Waals surface area contributed by atoms with Gasteiger partial charge in [-0.3, -0.25) is 4.79 Å². The summed E-state index contributed by atoms with van der Waals surface area (Å²) in [5.41, 5.74) is 2.40. The Morgan fingerprint density at radius 2 is 1.75 bits per heavy atom. The first-order valence-corrected chi connectivity index (χ1v) is 6.91. The number of Topliss-reactive ketones (excluding diaryl/α,β-unsaturated/α-hetero) is 1. The van der Waals surface area contributed by atoms with Gasteiger partial charge >= 0.3 is 5.97 Å². The smallest absolute Gasteiger partial charge is 0.341 e. The van der Waals surface area contributed by atoms with Gasteiger partial charge in [-0.15, -0.1) is 0 Å². The Morgan fingerprint density at radius 3 is 2.25 bits per heavy atom. The standard InChI is InChI=1S/C16H22O4/c1-5-12(6-2)16(19)13-7-8-14(11(4)10(13)3)20-9-15(17)18/h7-8,12H,5-6,9H2,1-4H3,(H,17,18). The zero-order chi connectivity index (χ0) is 15.3. The van der Waals surface area contributed by atoms with Crippen molar-refractivity contribution >= 4 is 11.8 Å². The molecule has 110 valence electrons. The number of hydrogen-bond acceptors (Lipinski definition) is 3. The maximum Gasteiger partial charge on any atom is 0.341 e. The minimum absolute atomic E-state index is 0.0406. The van der Waals surface area contributed by atoms with Gasteiger partial charge in [-0.05, 0) is 49.9 Å². The van der Waals surface area contributed by atoms with Gasteiger partial charge in [0, 0.05) is 11.5 Å². The molecule has 0 aliphatic carbocycles. The van der Waals surface area contributed by atoms with Crippen LogP contribution in [-0.4, -0.2) is 23.5 Å². The molecule has 0 amide bonds. The van der Waals surface area contributed by atoms with Gasteiger partial charge < -0.3 is 9.84 Å². The molecule has 20 heavy (non-hydrogen) atoms. The van der Waals surface area contributed by atoms with Gasteiger partial charge in [0.25, 0.3) is 0 Å². The predicted molar refractivity (Wildman–Crippen MR) is 77.4 cm³/mol. The van der Waals surface area contributed by atoms with E-state index in [1.54, 1.807) is 12.1 Å². The summed E-state index contributed by atoms with van der Waals surface area (Å²) in [7, 11) is 0. The highest BCUT2D eigenvalue weighted by molar-refractivity contribution is 5.99. The van der Waals surface area contributed by atoms with E-state index >= 15 is 0 Å². The van der Waals surface area contributed by atoms with Gasteiger partial charge in [0.15, 0.2) is 12.4 Å². The van der Waals surface area contributed by atoms with Crippen LogP contribution in [-0.2, 0) is 4.79 Å². The largest absolute Gasteiger partial charge is 0.482 e. The van der Waals surface area contributed by atoms with E-state index in [0.717, 1.165) is 24.0 Å². The van der Waals surface area contributed by atoms with Gasteiger partial charge in [-0.2, -0.15) is 0 Å². The number of rotatable bonds is 7. The molecule has 0 atom stereocenters. The van der Waals surface area contributed by atoms with E-state index in [9.17, 15) is 9.59 Å². The van der Waals surface area contributed by atoms with E-state index in [2.05, 4.69) is 0 Å². The first kappa shape index (κ1) is 16.2. The minimum atomic E-state index is -1.01. The number of carboxylic acid groups (broad SMARTS) is 1. The first-order chi connectivity index (χ1) is 9.42. The van der Waals surface area contributed by atoms with Crippen LogP contribution in [0.3, 0.4) is 0 Å². The minimum Gasteiger partial charge on any atom is -0.482 e. The molecule has 0 saturated carbocycles. The van der Waals surface area contributed by atoms with Crippen molar-refractivity contribution in [2.75, 3.05) is 6.61 Å². The number of hydrogen-bond donors (Lipinski definition) is 1. The van der Waals surface area contributed by atoms with E-state index < -0.39 is 5.97 Å². The fourth-order valence-electron chi connectivity index (χ4n) is 2.24. The fourth-order valence-corrected chi connectivity index (χ4v) is 2.24. The molecule has 0 aromatic heterocycles. The van der Waals surface area contributed by atoms with E-state index in [0.29, 0.717) is 11.3 Å². The lowest BCUT2D eigenvalue weighted by Gasteiger charge is -2.16. The van der Waals surface area contributed by atoms with Crippen LogP contribution < -0.4 is 4.74 Å². The van der Waals surface area contributed by atoms with Crippen molar-refractivity contribution in [2.24, 2.45) is 5.92 Å². The Labute approximate surface area is 119 Å². The molecule has 1 aromatic rings. The highest BCUT2D eigenvalue weighted by Gasteiger charge is 2.20. The molecular weight excluding hydrogens is 256 g/mol. The zero-order valence-corrected chi connectivity index (χ0v) is 12.5. The predicted octanol–water partition coefficient (Wildman–Crippen LogP) is 3.39. The van der Waals surface area contributed by atoms with Crippen molar-refractivity contribution in [3.05, 3.63) is 28.8 Å². The highest BCUT2D eigenvalue weighted by Crippen LogP contribution is 2.27. The fraction of sp³-hybridized carbons (Fsp3) is 0.500. The third-order valence-electron chi connectivity index (χ3n) is 3.71. The van der Waals surface area contributed by atoms with E-state index in [1.165, 1.54) is 0 Å². The van der Waals surface area contributed by atoms with Gasteiger partial charge in [0.2, 0.25) is 0 Å². The average Bonchev–Trinajstić information content (AvgIpc) is 2.41. The highest BCUT2D eigenvalue weighted by atomic mass is 16.5. The lowest BCUT2D eigenvalue weighted by atomic mass is 9.89. The average molecular weight is 278 g/mol. The summed E-state index contributed by atoms with van der Waals surface area (Å²) in [4.78, 5) is 23.0. The van der Waals surface area contributed by atoms with E-state index in [4.69, 9.17) is 9.84 Å². The van der Waals surface area contributed by atoms with Crippen LogP contribution in [0.4, 0.5) is 0 Å².